The van der Waals surface area contributed by atoms with Gasteiger partial charge in [-0.2, -0.15) is 4.98 Å². The van der Waals surface area contributed by atoms with Gasteiger partial charge in [0.15, 0.2) is 16.9 Å². The zero-order chi connectivity index (χ0) is 24.4. The first-order valence-corrected chi connectivity index (χ1v) is 12.8. The number of carbonyl (C=O) groups excluding carboxylic acids is 1. The third kappa shape index (κ3) is 5.19. The highest BCUT2D eigenvalue weighted by atomic mass is 32.1. The number of nitrogens with one attached hydrogen (secondary N) is 2. The number of carbonyl (C=O) groups is 1. The minimum absolute atomic E-state index is 0.208. The highest BCUT2D eigenvalue weighted by Crippen LogP contribution is 2.33. The van der Waals surface area contributed by atoms with Crippen molar-refractivity contribution >= 4 is 60.0 Å². The van der Waals surface area contributed by atoms with E-state index in [0.29, 0.717) is 10.3 Å². The second-order valence-electron chi connectivity index (χ2n) is 8.41. The highest BCUT2D eigenvalue weighted by Gasteiger charge is 2.27. The van der Waals surface area contributed by atoms with Crippen molar-refractivity contribution in [2.75, 3.05) is 54.7 Å². The summed E-state index contributed by atoms with van der Waals surface area (Å²) in [6, 6.07) is 11.7. The zero-order valence-electron chi connectivity index (χ0n) is 19.6. The van der Waals surface area contributed by atoms with Gasteiger partial charge in [0, 0.05) is 40.3 Å². The number of benzene rings is 1. The van der Waals surface area contributed by atoms with E-state index in [4.69, 9.17) is 9.72 Å². The number of amides is 1. The van der Waals surface area contributed by atoms with Gasteiger partial charge in [0.25, 0.3) is 5.91 Å². The topological polar surface area (TPSA) is 108 Å². The molecule has 4 aromatic rings. The summed E-state index contributed by atoms with van der Waals surface area (Å²) in [5, 5.41) is 16.7. The van der Waals surface area contributed by atoms with E-state index in [1.807, 2.05) is 55.5 Å². The van der Waals surface area contributed by atoms with Crippen molar-refractivity contribution in [2.24, 2.45) is 0 Å². The number of thiazole rings is 1. The summed E-state index contributed by atoms with van der Waals surface area (Å²) >= 11 is 2.97. The number of anilines is 4. The monoisotopic (exact) mass is 510 g/mol. The van der Waals surface area contributed by atoms with Crippen LogP contribution in [0.5, 0.6) is 0 Å². The first kappa shape index (κ1) is 23.4. The summed E-state index contributed by atoms with van der Waals surface area (Å²) in [6.07, 6.45) is 2.09. The highest BCUT2D eigenvalue weighted by molar-refractivity contribution is 7.22. The van der Waals surface area contributed by atoms with Crippen molar-refractivity contribution in [3.05, 3.63) is 48.2 Å². The van der Waals surface area contributed by atoms with E-state index in [0.717, 1.165) is 46.2 Å². The minimum Gasteiger partial charge on any atom is -0.376 e. The number of fused-ring (bicyclic) bond motifs is 1. The van der Waals surface area contributed by atoms with Crippen LogP contribution in [0.15, 0.2) is 42.6 Å². The van der Waals surface area contributed by atoms with Crippen molar-refractivity contribution in [3.63, 3.8) is 0 Å². The van der Waals surface area contributed by atoms with Crippen LogP contribution in [0.25, 0.3) is 10.3 Å². The number of nitrogens with zero attached hydrogens (tertiary/aromatic N) is 6. The van der Waals surface area contributed by atoms with E-state index >= 15 is 0 Å². The molecule has 1 aromatic carbocycles. The van der Waals surface area contributed by atoms with Gasteiger partial charge in [0.1, 0.15) is 0 Å². The molecule has 0 unspecified atom stereocenters. The maximum absolute atomic E-state index is 12.7. The molecule has 3 aromatic heterocycles. The van der Waals surface area contributed by atoms with Crippen LogP contribution in [-0.4, -0.2) is 66.4 Å². The molecule has 1 aliphatic heterocycles. The lowest BCUT2D eigenvalue weighted by molar-refractivity contribution is -0.126. The molecular weight excluding hydrogens is 484 g/mol. The summed E-state index contributed by atoms with van der Waals surface area (Å²) in [4.78, 5) is 26.2. The Hall–Kier alpha value is -3.35. The average Bonchev–Trinajstić information content (AvgIpc) is 3.60. The normalized spacial score (nSPS) is 16.4. The lowest BCUT2D eigenvalue weighted by atomic mass is 10.1. The van der Waals surface area contributed by atoms with E-state index in [1.54, 1.807) is 11.3 Å². The molecule has 4 heterocycles. The lowest BCUT2D eigenvalue weighted by Gasteiger charge is -2.15. The third-order valence-corrected chi connectivity index (χ3v) is 7.58. The van der Waals surface area contributed by atoms with Crippen LogP contribution in [0.3, 0.4) is 0 Å². The van der Waals surface area contributed by atoms with Crippen molar-refractivity contribution < 1.29 is 9.53 Å². The second kappa shape index (κ2) is 10.1. The quantitative estimate of drug-likeness (QED) is 0.367. The summed E-state index contributed by atoms with van der Waals surface area (Å²) in [5.74, 6) is -0.282. The Labute approximate surface area is 211 Å². The Morgan fingerprint density at radius 1 is 1.20 bits per heavy atom. The van der Waals surface area contributed by atoms with Crippen LogP contribution >= 0.6 is 22.7 Å². The van der Waals surface area contributed by atoms with E-state index < -0.39 is 6.10 Å². The number of aromatic nitrogens is 4. The molecule has 0 radical (unpaired) electrons. The molecule has 1 aliphatic rings. The molecule has 182 valence electrons. The van der Waals surface area contributed by atoms with Crippen LogP contribution in [0.1, 0.15) is 18.1 Å². The molecule has 0 spiro atoms. The van der Waals surface area contributed by atoms with Crippen LogP contribution in [-0.2, 0) is 9.53 Å². The predicted octanol–water partition coefficient (Wildman–Crippen LogP) is 3.63. The number of rotatable bonds is 8. The standard InChI is InChI=1S/C23H26N8O2S2/c1-30(2)16-11-17-19(24-12-16)26-23(34-17)31-10-9-15(13-31)25-21-28-29-22(35-21)27-20(32)18(33-3)14-7-5-4-6-8-14/h4-8,11-12,15,18H,9-10,13H2,1-3H3,(H,25,28)(H,27,29,32)/t15-,18-/m1/s1. The molecule has 2 atom stereocenters. The molecule has 1 amide bonds. The Bertz CT molecular complexity index is 1310. The van der Waals surface area contributed by atoms with Crippen LogP contribution in [0.2, 0.25) is 0 Å². The van der Waals surface area contributed by atoms with E-state index in [-0.39, 0.29) is 11.9 Å². The van der Waals surface area contributed by atoms with Crippen LogP contribution in [0.4, 0.5) is 21.1 Å². The zero-order valence-corrected chi connectivity index (χ0v) is 21.3. The van der Waals surface area contributed by atoms with Crippen LogP contribution < -0.4 is 20.4 Å². The molecule has 0 bridgehead atoms. The third-order valence-electron chi connectivity index (χ3n) is 5.76. The number of ether oxygens (including phenoxy) is 1. The summed E-state index contributed by atoms with van der Waals surface area (Å²) < 4.78 is 6.47. The maximum Gasteiger partial charge on any atom is 0.259 e. The van der Waals surface area contributed by atoms with E-state index in [9.17, 15) is 4.79 Å². The van der Waals surface area contributed by atoms with Gasteiger partial charge in [0.2, 0.25) is 10.3 Å². The largest absolute Gasteiger partial charge is 0.376 e. The van der Waals surface area contributed by atoms with Crippen LogP contribution in [0, 0.1) is 0 Å². The Balaban J connectivity index is 1.19. The first-order chi connectivity index (χ1) is 17.0. The molecular formula is C23H26N8O2S2. The fourth-order valence-electron chi connectivity index (χ4n) is 3.93. The molecule has 1 saturated heterocycles. The maximum atomic E-state index is 12.7. The molecule has 10 nitrogen and oxygen atoms in total. The fraction of sp³-hybridized carbons (Fsp3) is 0.348. The van der Waals surface area contributed by atoms with Gasteiger partial charge in [0.05, 0.1) is 16.6 Å². The predicted molar refractivity (Wildman–Crippen MR) is 141 cm³/mol. The molecule has 2 N–H and O–H groups in total. The number of hydrogen-bond acceptors (Lipinski definition) is 11. The SMILES string of the molecule is CO[C@@H](C(=O)Nc1nnc(N[C@@H]2CCN(c3nc4ncc(N(C)C)cc4s3)C2)s1)c1ccccc1. The van der Waals surface area contributed by atoms with Crippen molar-refractivity contribution in [3.8, 4) is 0 Å². The fourth-order valence-corrected chi connectivity index (χ4v) is 5.65. The van der Waals surface area contributed by atoms with Gasteiger partial charge in [-0.15, -0.1) is 10.2 Å². The summed E-state index contributed by atoms with van der Waals surface area (Å²) in [5.41, 5.74) is 2.62. The molecule has 1 fully saturated rings. The number of methoxy groups -OCH3 is 1. The van der Waals surface area contributed by atoms with Crippen molar-refractivity contribution in [1.82, 2.24) is 20.2 Å². The van der Waals surface area contributed by atoms with Gasteiger partial charge < -0.3 is 19.9 Å². The van der Waals surface area contributed by atoms with Crippen molar-refractivity contribution in [1.29, 1.82) is 0 Å². The van der Waals surface area contributed by atoms with Gasteiger partial charge in [-0.25, -0.2) is 4.98 Å². The number of hydrogen-bond donors (Lipinski definition) is 2. The smallest absolute Gasteiger partial charge is 0.259 e. The summed E-state index contributed by atoms with van der Waals surface area (Å²) in [7, 11) is 5.52. The van der Waals surface area contributed by atoms with Gasteiger partial charge in [-0.1, -0.05) is 53.0 Å². The van der Waals surface area contributed by atoms with E-state index in [1.165, 1.54) is 18.4 Å². The molecule has 35 heavy (non-hydrogen) atoms. The minimum atomic E-state index is -0.711. The van der Waals surface area contributed by atoms with Gasteiger partial charge in [-0.05, 0) is 18.1 Å². The van der Waals surface area contributed by atoms with Gasteiger partial charge in [-0.3, -0.25) is 10.1 Å². The molecule has 5 rings (SSSR count). The Morgan fingerprint density at radius 2 is 2.00 bits per heavy atom. The van der Waals surface area contributed by atoms with E-state index in [2.05, 4.69) is 36.8 Å². The summed E-state index contributed by atoms with van der Waals surface area (Å²) in [6.45, 7) is 1.70. The first-order valence-electron chi connectivity index (χ1n) is 11.2. The Morgan fingerprint density at radius 3 is 2.77 bits per heavy atom. The second-order valence-corrected chi connectivity index (χ2v) is 10.4. The lowest BCUT2D eigenvalue weighted by Crippen LogP contribution is -2.25. The molecule has 0 saturated carbocycles. The Kier molecular flexibility index (Phi) is 6.75. The number of pyridine rings is 1. The van der Waals surface area contributed by atoms with Gasteiger partial charge >= 0.3 is 0 Å². The molecule has 0 aliphatic carbocycles. The average molecular weight is 511 g/mol. The van der Waals surface area contributed by atoms with Crippen molar-refractivity contribution in [2.45, 2.75) is 18.6 Å². The molecule has 12 heteroatoms.